The van der Waals surface area contributed by atoms with E-state index in [2.05, 4.69) is 5.32 Å². The first-order valence-corrected chi connectivity index (χ1v) is 8.31. The third-order valence-electron chi connectivity index (χ3n) is 3.90. The number of aryl methyl sites for hydroxylation is 1. The number of nitro groups is 1. The summed E-state index contributed by atoms with van der Waals surface area (Å²) < 4.78 is 5.63. The number of rotatable bonds is 5. The van der Waals surface area contributed by atoms with Crippen LogP contribution in [0.25, 0.3) is 17.4 Å². The van der Waals surface area contributed by atoms with Gasteiger partial charge in [-0.3, -0.25) is 14.9 Å². The molecule has 0 aliphatic rings. The molecule has 0 aliphatic carbocycles. The van der Waals surface area contributed by atoms with Gasteiger partial charge in [-0.15, -0.1) is 0 Å². The number of furan rings is 1. The van der Waals surface area contributed by atoms with Crippen molar-refractivity contribution in [3.63, 3.8) is 0 Å². The first kappa shape index (κ1) is 18.6. The molecule has 0 radical (unpaired) electrons. The Morgan fingerprint density at radius 1 is 1.18 bits per heavy atom. The van der Waals surface area contributed by atoms with Gasteiger partial charge in [-0.1, -0.05) is 24.3 Å². The lowest BCUT2D eigenvalue weighted by Crippen LogP contribution is -2.13. The Hall–Kier alpha value is -4.18. The van der Waals surface area contributed by atoms with E-state index in [1.165, 1.54) is 18.2 Å². The lowest BCUT2D eigenvalue weighted by atomic mass is 10.1. The third kappa shape index (κ3) is 4.31. The molecule has 0 fully saturated rings. The Morgan fingerprint density at radius 3 is 2.68 bits per heavy atom. The van der Waals surface area contributed by atoms with Gasteiger partial charge in [0.25, 0.3) is 11.6 Å². The number of nitrogens with one attached hydrogen (secondary N) is 1. The summed E-state index contributed by atoms with van der Waals surface area (Å²) >= 11 is 0. The van der Waals surface area contributed by atoms with Crippen molar-refractivity contribution in [2.75, 3.05) is 5.32 Å². The molecule has 0 bridgehead atoms. The second-order valence-corrected chi connectivity index (χ2v) is 6.00. The lowest BCUT2D eigenvalue weighted by Gasteiger charge is -2.04. The van der Waals surface area contributed by atoms with Gasteiger partial charge in [-0.2, -0.15) is 5.26 Å². The van der Waals surface area contributed by atoms with Crippen molar-refractivity contribution in [3.8, 4) is 17.4 Å². The number of nitrogens with zero attached hydrogens (tertiary/aromatic N) is 2. The predicted molar refractivity (Wildman–Crippen MR) is 104 cm³/mol. The van der Waals surface area contributed by atoms with Crippen LogP contribution in [0.15, 0.2) is 70.7 Å². The molecule has 3 rings (SSSR count). The van der Waals surface area contributed by atoms with Crippen LogP contribution in [0.3, 0.4) is 0 Å². The van der Waals surface area contributed by atoms with Crippen LogP contribution in [0.1, 0.15) is 11.3 Å². The number of carbonyl (C=O) groups excluding carboxylic acids is 1. The van der Waals surface area contributed by atoms with Gasteiger partial charge in [-0.25, -0.2) is 0 Å². The van der Waals surface area contributed by atoms with E-state index < -0.39 is 10.8 Å². The first-order valence-electron chi connectivity index (χ1n) is 8.31. The SMILES string of the molecule is Cc1cccc(NC(=O)C(C#N)=Cc2ccc(-c3cccc([N+](=O)[O-])c3)o2)c1. The molecule has 1 amide bonds. The second kappa shape index (κ2) is 8.01. The summed E-state index contributed by atoms with van der Waals surface area (Å²) in [5.41, 5.74) is 1.91. The predicted octanol–water partition coefficient (Wildman–Crippen LogP) is 4.71. The van der Waals surface area contributed by atoms with E-state index in [0.29, 0.717) is 17.0 Å². The first-order chi connectivity index (χ1) is 13.5. The molecule has 138 valence electrons. The largest absolute Gasteiger partial charge is 0.457 e. The lowest BCUT2D eigenvalue weighted by molar-refractivity contribution is -0.384. The van der Waals surface area contributed by atoms with Gasteiger partial charge in [0, 0.05) is 29.5 Å². The summed E-state index contributed by atoms with van der Waals surface area (Å²) in [5.74, 6) is 0.130. The zero-order valence-corrected chi connectivity index (χ0v) is 14.9. The molecule has 1 N–H and O–H groups in total. The second-order valence-electron chi connectivity index (χ2n) is 6.00. The minimum absolute atomic E-state index is 0.0544. The van der Waals surface area contributed by atoms with E-state index in [9.17, 15) is 20.2 Å². The number of hydrogen-bond acceptors (Lipinski definition) is 5. The monoisotopic (exact) mass is 373 g/mol. The fourth-order valence-corrected chi connectivity index (χ4v) is 2.57. The number of benzene rings is 2. The minimum Gasteiger partial charge on any atom is -0.457 e. The molecule has 3 aromatic rings. The third-order valence-corrected chi connectivity index (χ3v) is 3.90. The number of hydrogen-bond donors (Lipinski definition) is 1. The zero-order valence-electron chi connectivity index (χ0n) is 14.9. The molecule has 1 heterocycles. The van der Waals surface area contributed by atoms with Crippen molar-refractivity contribution >= 4 is 23.4 Å². The molecule has 1 aromatic heterocycles. The molecular formula is C21H15N3O4. The Morgan fingerprint density at radius 2 is 1.96 bits per heavy atom. The summed E-state index contributed by atoms with van der Waals surface area (Å²) in [6.07, 6.45) is 1.33. The summed E-state index contributed by atoms with van der Waals surface area (Å²) in [4.78, 5) is 22.8. The summed E-state index contributed by atoms with van der Waals surface area (Å²) in [6.45, 7) is 1.90. The highest BCUT2D eigenvalue weighted by atomic mass is 16.6. The van der Waals surface area contributed by atoms with Crippen LogP contribution in [0.5, 0.6) is 0 Å². The quantitative estimate of drug-likeness (QED) is 0.301. The molecule has 0 aliphatic heterocycles. The molecule has 0 atom stereocenters. The van der Waals surface area contributed by atoms with E-state index in [1.807, 2.05) is 19.1 Å². The molecular weight excluding hydrogens is 358 g/mol. The fraction of sp³-hybridized carbons (Fsp3) is 0.0476. The van der Waals surface area contributed by atoms with Crippen molar-refractivity contribution in [1.82, 2.24) is 0 Å². The van der Waals surface area contributed by atoms with Gasteiger partial charge in [0.2, 0.25) is 0 Å². The van der Waals surface area contributed by atoms with Crippen molar-refractivity contribution in [3.05, 3.63) is 87.7 Å². The molecule has 0 saturated heterocycles. The van der Waals surface area contributed by atoms with Gasteiger partial charge in [-0.05, 0) is 36.8 Å². The smallest absolute Gasteiger partial charge is 0.270 e. The maximum Gasteiger partial charge on any atom is 0.270 e. The Labute approximate surface area is 160 Å². The molecule has 28 heavy (non-hydrogen) atoms. The molecule has 7 heteroatoms. The number of nitriles is 1. The molecule has 7 nitrogen and oxygen atoms in total. The average Bonchev–Trinajstić information content (AvgIpc) is 3.15. The van der Waals surface area contributed by atoms with Crippen molar-refractivity contribution < 1.29 is 14.1 Å². The molecule has 0 unspecified atom stereocenters. The van der Waals surface area contributed by atoms with E-state index in [-0.39, 0.29) is 17.0 Å². The van der Waals surface area contributed by atoms with Gasteiger partial charge < -0.3 is 9.73 Å². The fourth-order valence-electron chi connectivity index (χ4n) is 2.57. The number of anilines is 1. The highest BCUT2D eigenvalue weighted by Crippen LogP contribution is 2.26. The van der Waals surface area contributed by atoms with Gasteiger partial charge >= 0.3 is 0 Å². The Balaban J connectivity index is 1.82. The standard InChI is InChI=1S/C21H15N3O4/c1-14-4-2-6-17(10-14)23-21(25)16(13-22)12-19-8-9-20(28-19)15-5-3-7-18(11-15)24(26)27/h2-12H,1H3,(H,23,25). The summed E-state index contributed by atoms with van der Waals surface area (Å²) in [6, 6.07) is 18.3. The van der Waals surface area contributed by atoms with Gasteiger partial charge in [0.15, 0.2) is 0 Å². The normalized spacial score (nSPS) is 10.9. The van der Waals surface area contributed by atoms with Crippen LogP contribution in [-0.2, 0) is 4.79 Å². The van der Waals surface area contributed by atoms with E-state index >= 15 is 0 Å². The molecule has 0 saturated carbocycles. The highest BCUT2D eigenvalue weighted by molar-refractivity contribution is 6.09. The topological polar surface area (TPSA) is 109 Å². The van der Waals surface area contributed by atoms with Crippen molar-refractivity contribution in [1.29, 1.82) is 5.26 Å². The number of non-ortho nitro benzene ring substituents is 1. The van der Waals surface area contributed by atoms with Crippen LogP contribution in [0, 0.1) is 28.4 Å². The summed E-state index contributed by atoms with van der Waals surface area (Å²) in [5, 5.41) is 22.9. The van der Waals surface area contributed by atoms with Crippen LogP contribution in [0.2, 0.25) is 0 Å². The average molecular weight is 373 g/mol. The Kier molecular flexibility index (Phi) is 5.33. The maximum atomic E-state index is 12.3. The van der Waals surface area contributed by atoms with E-state index in [0.717, 1.165) is 5.56 Å². The minimum atomic E-state index is -0.554. The zero-order chi connectivity index (χ0) is 20.1. The number of amides is 1. The van der Waals surface area contributed by atoms with Crippen LogP contribution >= 0.6 is 0 Å². The molecule has 2 aromatic carbocycles. The van der Waals surface area contributed by atoms with Crippen LogP contribution in [0.4, 0.5) is 11.4 Å². The van der Waals surface area contributed by atoms with Crippen molar-refractivity contribution in [2.24, 2.45) is 0 Å². The van der Waals surface area contributed by atoms with Crippen LogP contribution in [-0.4, -0.2) is 10.8 Å². The van der Waals surface area contributed by atoms with Gasteiger partial charge in [0.1, 0.15) is 23.2 Å². The van der Waals surface area contributed by atoms with Crippen LogP contribution < -0.4 is 5.32 Å². The van der Waals surface area contributed by atoms with Crippen molar-refractivity contribution in [2.45, 2.75) is 6.92 Å². The maximum absolute atomic E-state index is 12.3. The summed E-state index contributed by atoms with van der Waals surface area (Å²) in [7, 11) is 0. The number of nitro benzene ring substituents is 1. The van der Waals surface area contributed by atoms with Gasteiger partial charge in [0.05, 0.1) is 4.92 Å². The number of carbonyl (C=O) groups is 1. The Bertz CT molecular complexity index is 1120. The van der Waals surface area contributed by atoms with E-state index in [4.69, 9.17) is 4.42 Å². The molecule has 0 spiro atoms. The highest BCUT2D eigenvalue weighted by Gasteiger charge is 2.13. The van der Waals surface area contributed by atoms with E-state index in [1.54, 1.807) is 42.5 Å².